The summed E-state index contributed by atoms with van der Waals surface area (Å²) in [5.41, 5.74) is 2.67. The fourth-order valence-electron chi connectivity index (χ4n) is 3.52. The van der Waals surface area contributed by atoms with E-state index in [9.17, 15) is 4.79 Å². The van der Waals surface area contributed by atoms with Crippen molar-refractivity contribution >= 4 is 5.91 Å². The summed E-state index contributed by atoms with van der Waals surface area (Å²) in [5, 5.41) is 4.13. The fourth-order valence-corrected chi connectivity index (χ4v) is 3.52. The van der Waals surface area contributed by atoms with Crippen LogP contribution in [0.4, 0.5) is 0 Å². The van der Waals surface area contributed by atoms with Crippen molar-refractivity contribution in [3.8, 4) is 16.9 Å². The molecule has 0 unspecified atom stereocenters. The summed E-state index contributed by atoms with van der Waals surface area (Å²) in [6.07, 6.45) is 6.70. The third kappa shape index (κ3) is 4.43. The summed E-state index contributed by atoms with van der Waals surface area (Å²) in [4.78, 5) is 25.2. The Kier molecular flexibility index (Phi) is 5.81. The smallest absolute Gasteiger partial charge is 0.253 e. The van der Waals surface area contributed by atoms with E-state index in [0.29, 0.717) is 11.3 Å². The van der Waals surface area contributed by atoms with E-state index < -0.39 is 0 Å². The maximum Gasteiger partial charge on any atom is 0.253 e. The quantitative estimate of drug-likeness (QED) is 0.637. The molecule has 0 radical (unpaired) electrons. The molecule has 3 aromatic rings. The Morgan fingerprint density at radius 1 is 1.03 bits per heavy atom. The van der Waals surface area contributed by atoms with Crippen molar-refractivity contribution in [1.29, 1.82) is 0 Å². The molecule has 8 heteroatoms. The Labute approximate surface area is 169 Å². The number of aromatic nitrogens is 4. The molecule has 1 fully saturated rings. The highest BCUT2D eigenvalue weighted by Gasteiger charge is 2.22. The molecule has 8 nitrogen and oxygen atoms in total. The predicted octanol–water partition coefficient (Wildman–Crippen LogP) is 1.81. The second kappa shape index (κ2) is 8.83. The third-order valence-corrected chi connectivity index (χ3v) is 5.22. The fraction of sp³-hybridized carbons (Fsp3) is 0.333. The predicted molar refractivity (Wildman–Crippen MR) is 109 cm³/mol. The van der Waals surface area contributed by atoms with Crippen molar-refractivity contribution in [3.05, 3.63) is 60.9 Å². The van der Waals surface area contributed by atoms with Crippen LogP contribution >= 0.6 is 0 Å². The summed E-state index contributed by atoms with van der Waals surface area (Å²) in [6.45, 7) is 4.92. The highest BCUT2D eigenvalue weighted by atomic mass is 16.5. The number of rotatable bonds is 6. The molecule has 3 heterocycles. The van der Waals surface area contributed by atoms with Gasteiger partial charge >= 0.3 is 0 Å². The van der Waals surface area contributed by atoms with Gasteiger partial charge in [-0.3, -0.25) is 19.4 Å². The highest BCUT2D eigenvalue weighted by molar-refractivity contribution is 5.95. The summed E-state index contributed by atoms with van der Waals surface area (Å²) < 4.78 is 7.21. The Morgan fingerprint density at radius 2 is 1.83 bits per heavy atom. The number of carbonyl (C=O) groups excluding carboxylic acids is 1. The molecule has 4 rings (SSSR count). The molecule has 0 N–H and O–H groups in total. The molecule has 1 amide bonds. The molecule has 150 valence electrons. The van der Waals surface area contributed by atoms with Crippen molar-refractivity contribution in [3.63, 3.8) is 0 Å². The van der Waals surface area contributed by atoms with Crippen LogP contribution in [0.15, 0.2) is 55.4 Å². The highest BCUT2D eigenvalue weighted by Crippen LogP contribution is 2.28. The number of hydrogen-bond acceptors (Lipinski definition) is 6. The number of benzene rings is 1. The minimum Gasteiger partial charge on any atom is -0.494 e. The molecule has 1 aromatic carbocycles. The first kappa shape index (κ1) is 19.1. The van der Waals surface area contributed by atoms with Crippen LogP contribution in [-0.4, -0.2) is 75.3 Å². The maximum absolute atomic E-state index is 12.9. The number of carbonyl (C=O) groups is 1. The Morgan fingerprint density at radius 3 is 2.52 bits per heavy atom. The zero-order valence-electron chi connectivity index (χ0n) is 16.4. The summed E-state index contributed by atoms with van der Waals surface area (Å²) in [5.74, 6) is 0.794. The first-order valence-corrected chi connectivity index (χ1v) is 9.67. The van der Waals surface area contributed by atoms with E-state index in [1.807, 2.05) is 39.9 Å². The Bertz CT molecular complexity index is 934. The van der Waals surface area contributed by atoms with Gasteiger partial charge < -0.3 is 9.64 Å². The maximum atomic E-state index is 12.9. The molecular formula is C21H24N6O2. The largest absolute Gasteiger partial charge is 0.494 e. The van der Waals surface area contributed by atoms with E-state index in [1.54, 1.807) is 32.2 Å². The van der Waals surface area contributed by atoms with Crippen molar-refractivity contribution < 1.29 is 9.53 Å². The Hall–Kier alpha value is -3.26. The lowest BCUT2D eigenvalue weighted by atomic mass is 10.0. The number of amides is 1. The summed E-state index contributed by atoms with van der Waals surface area (Å²) in [7, 11) is 1.63. The zero-order chi connectivity index (χ0) is 20.1. The first-order chi connectivity index (χ1) is 14.2. The van der Waals surface area contributed by atoms with E-state index in [-0.39, 0.29) is 5.91 Å². The topological polar surface area (TPSA) is 76.4 Å². The number of pyridine rings is 1. The van der Waals surface area contributed by atoms with Gasteiger partial charge in [0.1, 0.15) is 18.4 Å². The number of piperazine rings is 1. The minimum atomic E-state index is 0.0779. The molecule has 0 aliphatic carbocycles. The summed E-state index contributed by atoms with van der Waals surface area (Å²) >= 11 is 0. The second-order valence-corrected chi connectivity index (χ2v) is 6.95. The van der Waals surface area contributed by atoms with Gasteiger partial charge in [0.15, 0.2) is 0 Å². The lowest BCUT2D eigenvalue weighted by molar-refractivity contribution is 0.0632. The molecule has 0 atom stereocenters. The van der Waals surface area contributed by atoms with Crippen LogP contribution in [0.3, 0.4) is 0 Å². The first-order valence-electron chi connectivity index (χ1n) is 9.67. The zero-order valence-corrected chi connectivity index (χ0v) is 16.4. The van der Waals surface area contributed by atoms with Crippen LogP contribution < -0.4 is 4.74 Å². The van der Waals surface area contributed by atoms with Crippen LogP contribution in [0.25, 0.3) is 11.1 Å². The Balaban J connectivity index is 1.34. The van der Waals surface area contributed by atoms with Crippen LogP contribution in [0.2, 0.25) is 0 Å². The SMILES string of the molecule is COc1cnccc1-c1ccc(C(=O)N2CCN(CCn3cncn3)CC2)cc1. The average Bonchev–Trinajstić information content (AvgIpc) is 3.31. The number of ether oxygens (including phenoxy) is 1. The van der Waals surface area contributed by atoms with Gasteiger partial charge in [-0.05, 0) is 23.8 Å². The molecular weight excluding hydrogens is 368 g/mol. The molecule has 1 aliphatic heterocycles. The second-order valence-electron chi connectivity index (χ2n) is 6.95. The van der Waals surface area contributed by atoms with Gasteiger partial charge in [0.05, 0.1) is 19.9 Å². The van der Waals surface area contributed by atoms with Gasteiger partial charge in [0.25, 0.3) is 5.91 Å². The molecule has 0 saturated carbocycles. The van der Waals surface area contributed by atoms with Gasteiger partial charge in [-0.1, -0.05) is 12.1 Å². The van der Waals surface area contributed by atoms with Crippen molar-refractivity contribution in [2.24, 2.45) is 0 Å². The van der Waals surface area contributed by atoms with Crippen LogP contribution in [-0.2, 0) is 6.54 Å². The van der Waals surface area contributed by atoms with Crippen molar-refractivity contribution in [1.82, 2.24) is 29.5 Å². The molecule has 2 aromatic heterocycles. The molecule has 1 aliphatic rings. The van der Waals surface area contributed by atoms with E-state index in [0.717, 1.165) is 50.4 Å². The van der Waals surface area contributed by atoms with Crippen LogP contribution in [0.1, 0.15) is 10.4 Å². The normalized spacial score (nSPS) is 14.7. The van der Waals surface area contributed by atoms with Gasteiger partial charge in [-0.25, -0.2) is 4.98 Å². The van der Waals surface area contributed by atoms with E-state index >= 15 is 0 Å². The molecule has 0 bridgehead atoms. The van der Waals surface area contributed by atoms with Gasteiger partial charge in [-0.2, -0.15) is 5.10 Å². The number of nitrogens with zero attached hydrogens (tertiary/aromatic N) is 6. The lowest BCUT2D eigenvalue weighted by Crippen LogP contribution is -2.49. The van der Waals surface area contributed by atoms with E-state index in [1.165, 1.54) is 0 Å². The van der Waals surface area contributed by atoms with Crippen molar-refractivity contribution in [2.45, 2.75) is 6.54 Å². The molecule has 29 heavy (non-hydrogen) atoms. The van der Waals surface area contributed by atoms with E-state index in [2.05, 4.69) is 20.0 Å². The van der Waals surface area contributed by atoms with Crippen molar-refractivity contribution in [2.75, 3.05) is 39.8 Å². The number of methoxy groups -OCH3 is 1. The summed E-state index contributed by atoms with van der Waals surface area (Å²) in [6, 6.07) is 9.59. The number of hydrogen-bond donors (Lipinski definition) is 0. The lowest BCUT2D eigenvalue weighted by Gasteiger charge is -2.34. The minimum absolute atomic E-state index is 0.0779. The molecule has 0 spiro atoms. The van der Waals surface area contributed by atoms with Crippen LogP contribution in [0, 0.1) is 0 Å². The van der Waals surface area contributed by atoms with E-state index in [4.69, 9.17) is 4.74 Å². The van der Waals surface area contributed by atoms with Crippen LogP contribution in [0.5, 0.6) is 5.75 Å². The monoisotopic (exact) mass is 392 g/mol. The molecule has 1 saturated heterocycles. The standard InChI is InChI=1S/C21H24N6O2/c1-29-20-14-22-7-6-19(20)17-2-4-18(5-3-17)21(28)26-11-8-25(9-12-26)10-13-27-16-23-15-24-27/h2-7,14-16H,8-13H2,1H3. The average molecular weight is 392 g/mol. The third-order valence-electron chi connectivity index (χ3n) is 5.22. The van der Waals surface area contributed by atoms with Gasteiger partial charge in [0, 0.05) is 50.0 Å². The van der Waals surface area contributed by atoms with Gasteiger partial charge in [0.2, 0.25) is 0 Å². The van der Waals surface area contributed by atoms with Gasteiger partial charge in [-0.15, -0.1) is 0 Å².